The Balaban J connectivity index is 3.62. The van der Waals surface area contributed by atoms with Crippen molar-refractivity contribution in [2.24, 2.45) is 0 Å². The first kappa shape index (κ1) is 13.0. The molecule has 0 bridgehead atoms. The summed E-state index contributed by atoms with van der Waals surface area (Å²) in [6, 6.07) is 0. The molecule has 0 N–H and O–H groups in total. The lowest BCUT2D eigenvalue weighted by Crippen LogP contribution is -2.27. The summed E-state index contributed by atoms with van der Waals surface area (Å²) >= 11 is 0. The highest BCUT2D eigenvalue weighted by Gasteiger charge is 2.41. The Labute approximate surface area is 73.6 Å². The van der Waals surface area contributed by atoms with Crippen LogP contribution in [0.1, 0.15) is 0 Å². The Morgan fingerprint density at radius 3 is 1.86 bits per heavy atom. The number of alkyl halides is 6. The predicted octanol–water partition coefficient (Wildman–Crippen LogP) is 1.63. The van der Waals surface area contributed by atoms with Crippen molar-refractivity contribution in [3.05, 3.63) is 0 Å². The number of halogens is 6. The third-order valence-electron chi connectivity index (χ3n) is 0.814. The number of esters is 1. The number of rotatable bonds is 3. The molecule has 0 spiro atoms. The quantitative estimate of drug-likeness (QED) is 0.416. The van der Waals surface area contributed by atoms with Gasteiger partial charge in [-0.2, -0.15) is 13.2 Å². The van der Waals surface area contributed by atoms with Gasteiger partial charge in [0.2, 0.25) is 0 Å². The first-order valence-corrected chi connectivity index (χ1v) is 3.07. The summed E-state index contributed by atoms with van der Waals surface area (Å²) in [6.07, 6.45) is -10.2. The molecule has 0 amide bonds. The molecule has 0 aliphatic rings. The van der Waals surface area contributed by atoms with E-state index in [0.717, 1.165) is 0 Å². The standard InChI is InChI=1S/C5H4F6O3/c6-4(7,8)3(12)13-1-2-14-5(9,10)11/h1-2H2. The second-order valence-corrected chi connectivity index (χ2v) is 1.93. The van der Waals surface area contributed by atoms with Gasteiger partial charge in [0.05, 0.1) is 6.61 Å². The zero-order valence-corrected chi connectivity index (χ0v) is 6.41. The van der Waals surface area contributed by atoms with Crippen molar-refractivity contribution in [2.75, 3.05) is 13.2 Å². The van der Waals surface area contributed by atoms with Crippen LogP contribution in [0.3, 0.4) is 0 Å². The van der Waals surface area contributed by atoms with Crippen LogP contribution in [0.25, 0.3) is 0 Å². The summed E-state index contributed by atoms with van der Waals surface area (Å²) in [5, 5.41) is 0. The van der Waals surface area contributed by atoms with Gasteiger partial charge in [-0.05, 0) is 0 Å². The molecule has 0 radical (unpaired) electrons. The molecule has 0 rings (SSSR count). The molecule has 0 saturated heterocycles. The second kappa shape index (κ2) is 4.49. The first-order chi connectivity index (χ1) is 6.13. The van der Waals surface area contributed by atoms with E-state index < -0.39 is 31.7 Å². The minimum absolute atomic E-state index is 1.11. The Hall–Kier alpha value is -0.990. The van der Waals surface area contributed by atoms with Gasteiger partial charge in [0.1, 0.15) is 6.61 Å². The van der Waals surface area contributed by atoms with E-state index in [9.17, 15) is 31.1 Å². The molecule has 0 saturated carbocycles. The Kier molecular flexibility index (Phi) is 4.17. The summed E-state index contributed by atoms with van der Waals surface area (Å²) in [4.78, 5) is 9.91. The van der Waals surface area contributed by atoms with Crippen molar-refractivity contribution >= 4 is 5.97 Å². The Morgan fingerprint density at radius 1 is 1.00 bits per heavy atom. The highest BCUT2D eigenvalue weighted by molar-refractivity contribution is 5.75. The van der Waals surface area contributed by atoms with E-state index in [-0.39, 0.29) is 0 Å². The van der Waals surface area contributed by atoms with E-state index in [2.05, 4.69) is 9.47 Å². The third kappa shape index (κ3) is 6.52. The SMILES string of the molecule is O=C(OCCOC(F)(F)F)C(F)(F)F. The van der Waals surface area contributed by atoms with Crippen LogP contribution in [0, 0.1) is 0 Å². The summed E-state index contributed by atoms with van der Waals surface area (Å²) in [5.74, 6) is -2.55. The molecule has 0 aromatic rings. The van der Waals surface area contributed by atoms with E-state index in [1.807, 2.05) is 0 Å². The van der Waals surface area contributed by atoms with Gasteiger partial charge < -0.3 is 4.74 Å². The lowest BCUT2D eigenvalue weighted by atomic mass is 10.6. The smallest absolute Gasteiger partial charge is 0.457 e. The topological polar surface area (TPSA) is 35.5 Å². The minimum Gasteiger partial charge on any atom is -0.457 e. The van der Waals surface area contributed by atoms with Crippen molar-refractivity contribution in [3.63, 3.8) is 0 Å². The number of hydrogen-bond donors (Lipinski definition) is 0. The van der Waals surface area contributed by atoms with E-state index in [1.54, 1.807) is 0 Å². The van der Waals surface area contributed by atoms with E-state index in [0.29, 0.717) is 0 Å². The number of hydrogen-bond acceptors (Lipinski definition) is 3. The average Bonchev–Trinajstić information content (AvgIpc) is 1.93. The lowest BCUT2D eigenvalue weighted by molar-refractivity contribution is -0.327. The maximum absolute atomic E-state index is 11.4. The fraction of sp³-hybridized carbons (Fsp3) is 0.800. The molecular weight excluding hydrogens is 222 g/mol. The summed E-state index contributed by atoms with van der Waals surface area (Å²) in [5.41, 5.74) is 0. The molecule has 0 aromatic carbocycles. The Bertz CT molecular complexity index is 195. The molecular formula is C5H4F6O3. The van der Waals surface area contributed by atoms with Crippen LogP contribution in [0.2, 0.25) is 0 Å². The van der Waals surface area contributed by atoms with E-state index in [4.69, 9.17) is 0 Å². The van der Waals surface area contributed by atoms with Crippen molar-refractivity contribution in [3.8, 4) is 0 Å². The van der Waals surface area contributed by atoms with Crippen LogP contribution in [-0.2, 0) is 14.3 Å². The predicted molar refractivity (Wildman–Crippen MR) is 29.0 cm³/mol. The van der Waals surface area contributed by atoms with Gasteiger partial charge in [0, 0.05) is 0 Å². The van der Waals surface area contributed by atoms with Crippen molar-refractivity contribution in [1.29, 1.82) is 0 Å². The molecule has 14 heavy (non-hydrogen) atoms. The van der Waals surface area contributed by atoms with Gasteiger partial charge in [-0.25, -0.2) is 4.79 Å². The van der Waals surface area contributed by atoms with Crippen LogP contribution >= 0.6 is 0 Å². The zero-order chi connectivity index (χ0) is 11.4. The summed E-state index contributed by atoms with van der Waals surface area (Å²) < 4.78 is 74.3. The number of ether oxygens (including phenoxy) is 2. The maximum Gasteiger partial charge on any atom is 0.522 e. The van der Waals surface area contributed by atoms with Gasteiger partial charge in [-0.3, -0.25) is 4.74 Å². The van der Waals surface area contributed by atoms with Crippen molar-refractivity contribution < 1.29 is 40.6 Å². The van der Waals surface area contributed by atoms with E-state index >= 15 is 0 Å². The number of carbonyl (C=O) groups is 1. The summed E-state index contributed by atoms with van der Waals surface area (Å²) in [6.45, 7) is -2.29. The fourth-order valence-electron chi connectivity index (χ4n) is 0.374. The average molecular weight is 226 g/mol. The normalized spacial score (nSPS) is 12.7. The van der Waals surface area contributed by atoms with Gasteiger partial charge in [0.15, 0.2) is 0 Å². The fourth-order valence-corrected chi connectivity index (χ4v) is 0.374. The minimum atomic E-state index is -5.21. The second-order valence-electron chi connectivity index (χ2n) is 1.93. The van der Waals surface area contributed by atoms with Crippen LogP contribution in [0.5, 0.6) is 0 Å². The van der Waals surface area contributed by atoms with Crippen LogP contribution < -0.4 is 0 Å². The lowest BCUT2D eigenvalue weighted by Gasteiger charge is -2.08. The van der Waals surface area contributed by atoms with Crippen LogP contribution in [0.4, 0.5) is 26.3 Å². The highest BCUT2D eigenvalue weighted by Crippen LogP contribution is 2.17. The van der Waals surface area contributed by atoms with Crippen molar-refractivity contribution in [2.45, 2.75) is 12.5 Å². The van der Waals surface area contributed by atoms with Gasteiger partial charge in [0.25, 0.3) is 0 Å². The molecule has 0 aromatic heterocycles. The molecule has 0 heterocycles. The molecule has 0 unspecified atom stereocenters. The largest absolute Gasteiger partial charge is 0.522 e. The highest BCUT2D eigenvalue weighted by atomic mass is 19.4. The molecule has 0 aliphatic carbocycles. The van der Waals surface area contributed by atoms with Gasteiger partial charge in [-0.1, -0.05) is 0 Å². The molecule has 0 atom stereocenters. The van der Waals surface area contributed by atoms with Gasteiger partial charge >= 0.3 is 18.5 Å². The van der Waals surface area contributed by atoms with Crippen LogP contribution in [-0.4, -0.2) is 31.7 Å². The van der Waals surface area contributed by atoms with Crippen LogP contribution in [0.15, 0.2) is 0 Å². The molecule has 0 fully saturated rings. The third-order valence-corrected chi connectivity index (χ3v) is 0.814. The van der Waals surface area contributed by atoms with E-state index in [1.165, 1.54) is 0 Å². The molecule has 84 valence electrons. The maximum atomic E-state index is 11.4. The molecule has 9 heteroatoms. The molecule has 0 aliphatic heterocycles. The van der Waals surface area contributed by atoms with Crippen molar-refractivity contribution in [1.82, 2.24) is 0 Å². The first-order valence-electron chi connectivity index (χ1n) is 3.07. The Morgan fingerprint density at radius 2 is 1.50 bits per heavy atom. The number of carbonyl (C=O) groups excluding carboxylic acids is 1. The monoisotopic (exact) mass is 226 g/mol. The van der Waals surface area contributed by atoms with Gasteiger partial charge in [-0.15, -0.1) is 13.2 Å². The zero-order valence-electron chi connectivity index (χ0n) is 6.41. The summed E-state index contributed by atoms with van der Waals surface area (Å²) in [7, 11) is 0. The molecule has 3 nitrogen and oxygen atoms in total.